The highest BCUT2D eigenvalue weighted by Gasteiger charge is 2.35. The summed E-state index contributed by atoms with van der Waals surface area (Å²) in [6, 6.07) is 7.58. The predicted octanol–water partition coefficient (Wildman–Crippen LogP) is 2.25. The van der Waals surface area contributed by atoms with Crippen LogP contribution in [-0.2, 0) is 0 Å². The van der Waals surface area contributed by atoms with Crippen molar-refractivity contribution in [1.29, 1.82) is 0 Å². The first-order chi connectivity index (χ1) is 10.7. The van der Waals surface area contributed by atoms with E-state index in [1.807, 2.05) is 24.3 Å². The summed E-state index contributed by atoms with van der Waals surface area (Å²) >= 11 is 6.03. The minimum absolute atomic E-state index is 0.104. The fourth-order valence-electron chi connectivity index (χ4n) is 2.63. The third kappa shape index (κ3) is 2.12. The molecule has 22 heavy (non-hydrogen) atoms. The molecule has 1 saturated heterocycles. The second-order valence-corrected chi connectivity index (χ2v) is 5.60. The lowest BCUT2D eigenvalue weighted by Gasteiger charge is -2.38. The smallest absolute Gasteiger partial charge is 0.289 e. The number of hydrogen-bond acceptors (Lipinski definition) is 4. The van der Waals surface area contributed by atoms with Gasteiger partial charge in [-0.05, 0) is 12.1 Å². The molecule has 110 valence electrons. The molecule has 1 fully saturated rings. The van der Waals surface area contributed by atoms with Gasteiger partial charge in [0, 0.05) is 31.4 Å². The summed E-state index contributed by atoms with van der Waals surface area (Å²) in [5.41, 5.74) is 2.40. The largest absolute Gasteiger partial charge is 0.335 e. The van der Waals surface area contributed by atoms with Crippen LogP contribution in [0, 0.1) is 0 Å². The number of rotatable bonds is 2. The molecule has 3 heterocycles. The first-order valence-electron chi connectivity index (χ1n) is 6.93. The molecule has 1 aliphatic rings. The van der Waals surface area contributed by atoms with Gasteiger partial charge in [0.1, 0.15) is 0 Å². The van der Waals surface area contributed by atoms with Crippen molar-refractivity contribution in [3.8, 4) is 0 Å². The Hall–Kier alpha value is -2.47. The molecule has 1 aromatic carbocycles. The molecule has 0 atom stereocenters. The van der Waals surface area contributed by atoms with Gasteiger partial charge in [0.15, 0.2) is 11.0 Å². The average Bonchev–Trinajstić information content (AvgIpc) is 2.91. The zero-order valence-electron chi connectivity index (χ0n) is 11.5. The van der Waals surface area contributed by atoms with Crippen molar-refractivity contribution in [2.24, 2.45) is 0 Å². The van der Waals surface area contributed by atoms with E-state index in [2.05, 4.69) is 19.9 Å². The number of hydrogen-bond donors (Lipinski definition) is 1. The van der Waals surface area contributed by atoms with Gasteiger partial charge >= 0.3 is 0 Å². The molecule has 0 radical (unpaired) electrons. The molecule has 0 unspecified atom stereocenters. The Bertz CT molecular complexity index is 823. The minimum Gasteiger partial charge on any atom is -0.335 e. The van der Waals surface area contributed by atoms with Gasteiger partial charge in [0.25, 0.3) is 5.91 Å². The number of nitrogens with zero attached hydrogens (tertiary/aromatic N) is 4. The number of halogens is 1. The Balaban J connectivity index is 1.50. The SMILES string of the molecule is O=C(c1nc2ccccc2[nH]1)N1CC(c2nccnc2Cl)C1. The molecule has 3 aromatic rings. The van der Waals surface area contributed by atoms with E-state index in [0.717, 1.165) is 16.7 Å². The Morgan fingerprint density at radius 1 is 1.23 bits per heavy atom. The molecule has 1 amide bonds. The maximum absolute atomic E-state index is 12.4. The van der Waals surface area contributed by atoms with Crippen LogP contribution in [0.2, 0.25) is 5.15 Å². The van der Waals surface area contributed by atoms with Gasteiger partial charge in [-0.25, -0.2) is 9.97 Å². The van der Waals surface area contributed by atoms with Gasteiger partial charge < -0.3 is 9.88 Å². The fraction of sp³-hybridized carbons (Fsp3) is 0.200. The zero-order chi connectivity index (χ0) is 15.1. The first-order valence-corrected chi connectivity index (χ1v) is 7.30. The molecular formula is C15H12ClN5O. The van der Waals surface area contributed by atoms with Crippen molar-refractivity contribution in [3.63, 3.8) is 0 Å². The summed E-state index contributed by atoms with van der Waals surface area (Å²) in [5, 5.41) is 0.406. The van der Waals surface area contributed by atoms with Crippen molar-refractivity contribution in [3.05, 3.63) is 53.3 Å². The van der Waals surface area contributed by atoms with Gasteiger partial charge in [-0.15, -0.1) is 0 Å². The lowest BCUT2D eigenvalue weighted by Crippen LogP contribution is -2.49. The highest BCUT2D eigenvalue weighted by atomic mass is 35.5. The summed E-state index contributed by atoms with van der Waals surface area (Å²) in [4.78, 5) is 29.8. The van der Waals surface area contributed by atoms with Crippen LogP contribution < -0.4 is 0 Å². The van der Waals surface area contributed by atoms with Crippen molar-refractivity contribution in [2.45, 2.75) is 5.92 Å². The highest BCUT2D eigenvalue weighted by Crippen LogP contribution is 2.30. The average molecular weight is 314 g/mol. The number of likely N-dealkylation sites (tertiary alicyclic amines) is 1. The van der Waals surface area contributed by atoms with E-state index in [0.29, 0.717) is 24.1 Å². The Morgan fingerprint density at radius 3 is 2.77 bits per heavy atom. The van der Waals surface area contributed by atoms with E-state index < -0.39 is 0 Å². The molecule has 7 heteroatoms. The Morgan fingerprint density at radius 2 is 2.00 bits per heavy atom. The Kier molecular flexibility index (Phi) is 3.04. The topological polar surface area (TPSA) is 74.8 Å². The van der Waals surface area contributed by atoms with Crippen LogP contribution in [-0.4, -0.2) is 43.8 Å². The summed E-state index contributed by atoms with van der Waals surface area (Å²) in [6.07, 6.45) is 3.17. The minimum atomic E-state index is -0.104. The molecule has 2 aromatic heterocycles. The molecule has 1 aliphatic heterocycles. The molecule has 4 rings (SSSR count). The third-order valence-electron chi connectivity index (χ3n) is 3.83. The second-order valence-electron chi connectivity index (χ2n) is 5.24. The van der Waals surface area contributed by atoms with Gasteiger partial charge in [0.2, 0.25) is 0 Å². The van der Waals surface area contributed by atoms with E-state index in [1.165, 1.54) is 0 Å². The van der Waals surface area contributed by atoms with Crippen molar-refractivity contribution < 1.29 is 4.79 Å². The lowest BCUT2D eigenvalue weighted by molar-refractivity contribution is 0.0587. The van der Waals surface area contributed by atoms with E-state index in [1.54, 1.807) is 17.3 Å². The summed E-state index contributed by atoms with van der Waals surface area (Å²) in [5.74, 6) is 0.395. The van der Waals surface area contributed by atoms with Gasteiger partial charge in [-0.3, -0.25) is 9.78 Å². The number of fused-ring (bicyclic) bond motifs is 1. The van der Waals surface area contributed by atoms with Crippen LogP contribution in [0.5, 0.6) is 0 Å². The highest BCUT2D eigenvalue weighted by molar-refractivity contribution is 6.30. The lowest BCUT2D eigenvalue weighted by atomic mass is 9.96. The van der Waals surface area contributed by atoms with Crippen LogP contribution >= 0.6 is 11.6 Å². The molecule has 1 N–H and O–H groups in total. The van der Waals surface area contributed by atoms with Crippen LogP contribution in [0.25, 0.3) is 11.0 Å². The van der Waals surface area contributed by atoms with E-state index in [4.69, 9.17) is 11.6 Å². The molecule has 0 saturated carbocycles. The summed E-state index contributed by atoms with van der Waals surface area (Å²) in [6.45, 7) is 1.16. The quantitative estimate of drug-likeness (QED) is 0.787. The number of benzene rings is 1. The predicted molar refractivity (Wildman–Crippen MR) is 81.8 cm³/mol. The fourth-order valence-corrected chi connectivity index (χ4v) is 2.89. The van der Waals surface area contributed by atoms with Crippen LogP contribution in [0.15, 0.2) is 36.7 Å². The number of H-pyrrole nitrogens is 1. The standard InChI is InChI=1S/C15H12ClN5O/c16-13-12(17-5-6-18-13)9-7-21(8-9)15(22)14-19-10-3-1-2-4-11(10)20-14/h1-6,9H,7-8H2,(H,19,20). The number of para-hydroxylation sites is 2. The van der Waals surface area contributed by atoms with E-state index >= 15 is 0 Å². The molecule has 0 aliphatic carbocycles. The zero-order valence-corrected chi connectivity index (χ0v) is 12.3. The van der Waals surface area contributed by atoms with Crippen LogP contribution in [0.4, 0.5) is 0 Å². The molecule has 6 nitrogen and oxygen atoms in total. The molecule has 0 spiro atoms. The van der Waals surface area contributed by atoms with E-state index in [-0.39, 0.29) is 11.8 Å². The number of carbonyl (C=O) groups excluding carboxylic acids is 1. The number of carbonyl (C=O) groups is 1. The monoisotopic (exact) mass is 313 g/mol. The molecule has 0 bridgehead atoms. The summed E-state index contributed by atoms with van der Waals surface area (Å²) in [7, 11) is 0. The Labute approximate surface area is 131 Å². The van der Waals surface area contributed by atoms with Crippen molar-refractivity contribution in [1.82, 2.24) is 24.8 Å². The van der Waals surface area contributed by atoms with Crippen molar-refractivity contribution in [2.75, 3.05) is 13.1 Å². The summed E-state index contributed by atoms with van der Waals surface area (Å²) < 4.78 is 0. The number of imidazole rings is 1. The van der Waals surface area contributed by atoms with Crippen LogP contribution in [0.1, 0.15) is 22.2 Å². The van der Waals surface area contributed by atoms with Crippen LogP contribution in [0.3, 0.4) is 0 Å². The van der Waals surface area contributed by atoms with Gasteiger partial charge in [-0.2, -0.15) is 0 Å². The first kappa shape index (κ1) is 13.2. The molecular weight excluding hydrogens is 302 g/mol. The second kappa shape index (κ2) is 5.06. The van der Waals surface area contributed by atoms with Gasteiger partial charge in [-0.1, -0.05) is 23.7 Å². The number of amides is 1. The third-order valence-corrected chi connectivity index (χ3v) is 4.12. The number of aromatic nitrogens is 4. The maximum atomic E-state index is 12.4. The number of aromatic amines is 1. The van der Waals surface area contributed by atoms with E-state index in [9.17, 15) is 4.79 Å². The van der Waals surface area contributed by atoms with Gasteiger partial charge in [0.05, 0.1) is 16.7 Å². The number of nitrogens with one attached hydrogen (secondary N) is 1. The van der Waals surface area contributed by atoms with Crippen molar-refractivity contribution >= 4 is 28.5 Å². The normalized spacial score (nSPS) is 15.0. The maximum Gasteiger partial charge on any atom is 0.289 e.